The van der Waals surface area contributed by atoms with E-state index in [0.29, 0.717) is 0 Å². The van der Waals surface area contributed by atoms with Gasteiger partial charge in [0.1, 0.15) is 66.6 Å². The molecule has 0 bridgehead atoms. The van der Waals surface area contributed by atoms with E-state index in [-0.39, 0.29) is 28.7 Å². The molecule has 3 fully saturated rings. The average molecular weight is 894 g/mol. The molecule has 7 heterocycles. The van der Waals surface area contributed by atoms with Crippen LogP contribution in [0.4, 0.5) is 17.6 Å². The molecule has 3 saturated heterocycles. The van der Waals surface area contributed by atoms with Crippen molar-refractivity contribution in [3.05, 3.63) is 62.2 Å². The van der Waals surface area contributed by atoms with E-state index in [1.807, 2.05) is 0 Å². The first kappa shape index (κ1) is 43.5. The molecule has 0 spiro atoms. The lowest BCUT2D eigenvalue weighted by Gasteiger charge is -2.25. The molecule has 4 aromatic heterocycles. The summed E-state index contributed by atoms with van der Waals surface area (Å²) in [7, 11) is -10.8. The summed E-state index contributed by atoms with van der Waals surface area (Å²) in [6, 6.07) is 2.41. The van der Waals surface area contributed by atoms with Gasteiger partial charge in [-0.05, 0) is 12.1 Å². The van der Waals surface area contributed by atoms with E-state index in [1.165, 1.54) is 12.1 Å². The largest absolute Gasteiger partial charge is 0.472 e. The van der Waals surface area contributed by atoms with E-state index >= 15 is 0 Å². The standard InChI is InChI=1S/C28H37N11O19P2/c29-12-1-3-37(27(46)33-12)23-16(42)15(41)10(55-23)6-52-59(48,49)58-20-11(56-25(18(20)44)39-8-32-14-21(39)35-26(31)36-22(14)45)7-53-60(50,51)57-19-9(5-40)54-24(17(19)43)38-4-2-13(30)34-28(38)47/h1-4,8-11,15-20,23-25,40-44H,5-7H2,(H,48,49)(H,50,51)(H2,29,33,46)(H2,30,34,47)(H3,31,35,36,45)/t9-,10-,11-,15-,16-,17-,18-,19-,20-,23-,24-,25-/m1/s1. The number of aromatic nitrogens is 8. The third-order valence-electron chi connectivity index (χ3n) is 9.43. The number of nitrogen functional groups attached to an aromatic ring is 3. The molecule has 14 atom stereocenters. The SMILES string of the molecule is Nc1ccn([C@@H]2O[C@H](COP(=O)(O)O[C@H]3[C@@H](O)[C@H](n4cnc5c(=O)[nH]c(N)nc54)O[C@@H]3COP(=O)(O)O[C@H]3[C@@H](O)[C@H](n4ccc(N)nc4=O)O[C@@H]3CO)[C@@H](O)[C@H]2O)c(=O)n1. The summed E-state index contributed by atoms with van der Waals surface area (Å²) < 4.78 is 66.6. The van der Waals surface area contributed by atoms with Gasteiger partial charge >= 0.3 is 27.0 Å². The number of anilines is 3. The number of aromatic amines is 1. The molecule has 4 aromatic rings. The molecule has 32 heteroatoms. The van der Waals surface area contributed by atoms with Crippen LogP contribution in [0.25, 0.3) is 11.2 Å². The van der Waals surface area contributed by atoms with Crippen LogP contribution in [-0.4, -0.2) is 149 Å². The fourth-order valence-corrected chi connectivity index (χ4v) is 8.54. The van der Waals surface area contributed by atoms with Crippen LogP contribution in [0.1, 0.15) is 18.7 Å². The van der Waals surface area contributed by atoms with Crippen molar-refractivity contribution in [2.45, 2.75) is 73.6 Å². The number of aliphatic hydroxyl groups is 5. The second-order valence-electron chi connectivity index (χ2n) is 13.4. The van der Waals surface area contributed by atoms with Crippen molar-refractivity contribution < 1.29 is 76.8 Å². The topological polar surface area (TPSA) is 452 Å². The number of rotatable bonds is 14. The molecule has 0 aliphatic carbocycles. The summed E-state index contributed by atoms with van der Waals surface area (Å²) in [5.74, 6) is -0.677. The molecule has 3 aliphatic heterocycles. The molecule has 3 aliphatic rings. The number of aliphatic hydroxyl groups excluding tert-OH is 5. The summed E-state index contributed by atoms with van der Waals surface area (Å²) in [4.78, 5) is 75.8. The Bertz CT molecular complexity index is 2500. The Morgan fingerprint density at radius 3 is 1.73 bits per heavy atom. The zero-order valence-corrected chi connectivity index (χ0v) is 32.0. The van der Waals surface area contributed by atoms with Gasteiger partial charge in [-0.3, -0.25) is 41.6 Å². The number of H-pyrrole nitrogens is 1. The number of hydrogen-bond acceptors (Lipinski definition) is 24. The Labute approximate surface area is 332 Å². The number of nitrogens with two attached hydrogens (primary N) is 3. The van der Waals surface area contributed by atoms with E-state index in [1.54, 1.807) is 0 Å². The number of nitrogens with zero attached hydrogens (tertiary/aromatic N) is 7. The summed E-state index contributed by atoms with van der Waals surface area (Å²) in [5.41, 5.74) is 13.4. The van der Waals surface area contributed by atoms with E-state index in [4.69, 9.17) is 49.5 Å². The molecule has 30 nitrogen and oxygen atoms in total. The zero-order chi connectivity index (χ0) is 43.4. The quantitative estimate of drug-likeness (QED) is 0.0526. The number of phosphoric acid groups is 2. The van der Waals surface area contributed by atoms with Gasteiger partial charge in [0, 0.05) is 12.4 Å². The van der Waals surface area contributed by atoms with Crippen molar-refractivity contribution in [3.63, 3.8) is 0 Å². The monoisotopic (exact) mass is 893 g/mol. The molecule has 0 aromatic carbocycles. The first-order chi connectivity index (χ1) is 28.3. The van der Waals surface area contributed by atoms with Gasteiger partial charge in [0.15, 0.2) is 29.8 Å². The molecule has 0 amide bonds. The van der Waals surface area contributed by atoms with Gasteiger partial charge in [0.05, 0.1) is 26.1 Å². The maximum atomic E-state index is 13.4. The fraction of sp³-hybridized carbons (Fsp3) is 0.536. The fourth-order valence-electron chi connectivity index (χ4n) is 6.61. The van der Waals surface area contributed by atoms with Crippen molar-refractivity contribution in [3.8, 4) is 0 Å². The summed E-state index contributed by atoms with van der Waals surface area (Å²) in [6.45, 7) is -2.96. The number of hydrogen-bond donors (Lipinski definition) is 11. The highest BCUT2D eigenvalue weighted by Crippen LogP contribution is 2.52. The second-order valence-corrected chi connectivity index (χ2v) is 16.2. The van der Waals surface area contributed by atoms with Crippen LogP contribution in [0, 0.1) is 0 Å². The normalized spacial score (nSPS) is 32.6. The highest BCUT2D eigenvalue weighted by Gasteiger charge is 2.53. The number of phosphoric ester groups is 2. The Kier molecular flexibility index (Phi) is 12.1. The van der Waals surface area contributed by atoms with Gasteiger partial charge in [-0.2, -0.15) is 15.0 Å². The Balaban J connectivity index is 1.08. The van der Waals surface area contributed by atoms with E-state index in [9.17, 15) is 58.8 Å². The van der Waals surface area contributed by atoms with Crippen LogP contribution in [0.15, 0.2) is 45.2 Å². The smallest absolute Gasteiger partial charge is 0.394 e. The minimum absolute atomic E-state index is 0.144. The number of fused-ring (bicyclic) bond motifs is 1. The number of nitrogens with one attached hydrogen (secondary N) is 1. The molecule has 14 N–H and O–H groups in total. The lowest BCUT2D eigenvalue weighted by Crippen LogP contribution is -2.38. The molecule has 0 radical (unpaired) electrons. The van der Waals surface area contributed by atoms with E-state index < -0.39 is 126 Å². The van der Waals surface area contributed by atoms with E-state index in [2.05, 4.69) is 24.9 Å². The van der Waals surface area contributed by atoms with Gasteiger partial charge in [-0.25, -0.2) is 23.7 Å². The summed E-state index contributed by atoms with van der Waals surface area (Å²) >= 11 is 0. The first-order valence-electron chi connectivity index (χ1n) is 17.3. The van der Waals surface area contributed by atoms with Crippen LogP contribution >= 0.6 is 15.6 Å². The van der Waals surface area contributed by atoms with Crippen LogP contribution in [-0.2, 0) is 41.4 Å². The molecule has 328 valence electrons. The Hall–Kier alpha value is -4.59. The molecule has 0 saturated carbocycles. The van der Waals surface area contributed by atoms with Crippen molar-refractivity contribution in [1.82, 2.24) is 38.6 Å². The average Bonchev–Trinajstić information content (AvgIpc) is 3.89. The third kappa shape index (κ3) is 8.63. The second kappa shape index (κ2) is 16.7. The highest BCUT2D eigenvalue weighted by atomic mass is 31.2. The maximum absolute atomic E-state index is 13.4. The first-order valence-corrected chi connectivity index (χ1v) is 20.3. The summed E-state index contributed by atoms with van der Waals surface area (Å²) in [6.07, 6.45) is -17.8. The van der Waals surface area contributed by atoms with Crippen LogP contribution in [0.5, 0.6) is 0 Å². The third-order valence-corrected chi connectivity index (χ3v) is 11.4. The van der Waals surface area contributed by atoms with Crippen molar-refractivity contribution >= 4 is 44.4 Å². The van der Waals surface area contributed by atoms with Crippen molar-refractivity contribution in [1.29, 1.82) is 0 Å². The number of imidazole rings is 1. The molecule has 7 rings (SSSR count). The molecular formula is C28H37N11O19P2. The van der Waals surface area contributed by atoms with Gasteiger partial charge in [0.2, 0.25) is 5.95 Å². The van der Waals surface area contributed by atoms with Gasteiger partial charge < -0.3 is 66.7 Å². The van der Waals surface area contributed by atoms with Crippen molar-refractivity contribution in [2.75, 3.05) is 37.0 Å². The van der Waals surface area contributed by atoms with Gasteiger partial charge in [0.25, 0.3) is 5.56 Å². The molecule has 60 heavy (non-hydrogen) atoms. The van der Waals surface area contributed by atoms with Gasteiger partial charge in [-0.1, -0.05) is 0 Å². The predicted molar refractivity (Wildman–Crippen MR) is 193 cm³/mol. The summed E-state index contributed by atoms with van der Waals surface area (Å²) in [5, 5.41) is 53.4. The molecular weight excluding hydrogens is 856 g/mol. The lowest BCUT2D eigenvalue weighted by molar-refractivity contribution is -0.0633. The lowest BCUT2D eigenvalue weighted by atomic mass is 10.1. The zero-order valence-electron chi connectivity index (χ0n) is 30.2. The van der Waals surface area contributed by atoms with Crippen LogP contribution in [0.2, 0.25) is 0 Å². The van der Waals surface area contributed by atoms with E-state index in [0.717, 1.165) is 32.4 Å². The highest BCUT2D eigenvalue weighted by molar-refractivity contribution is 7.47. The minimum Gasteiger partial charge on any atom is -0.394 e. The molecule has 2 unspecified atom stereocenters. The van der Waals surface area contributed by atoms with Crippen LogP contribution in [0.3, 0.4) is 0 Å². The number of ether oxygens (including phenoxy) is 3. The maximum Gasteiger partial charge on any atom is 0.472 e. The van der Waals surface area contributed by atoms with Gasteiger partial charge in [-0.15, -0.1) is 0 Å². The minimum atomic E-state index is -5.40. The Morgan fingerprint density at radius 2 is 1.18 bits per heavy atom. The van der Waals surface area contributed by atoms with Crippen LogP contribution < -0.4 is 34.1 Å². The predicted octanol–water partition coefficient (Wildman–Crippen LogP) is -5.49. The van der Waals surface area contributed by atoms with Crippen molar-refractivity contribution in [2.24, 2.45) is 0 Å². The Morgan fingerprint density at radius 1 is 0.700 bits per heavy atom.